The summed E-state index contributed by atoms with van der Waals surface area (Å²) in [4.78, 5) is 38.1. The highest BCUT2D eigenvalue weighted by atomic mass is 32.2. The summed E-state index contributed by atoms with van der Waals surface area (Å²) in [5, 5.41) is 1.58. The molecule has 0 bridgehead atoms. The normalized spacial score (nSPS) is 18.7. The van der Waals surface area contributed by atoms with Gasteiger partial charge in [0.15, 0.2) is 0 Å². The topological polar surface area (TPSA) is 72.9 Å². The number of amides is 1. The van der Waals surface area contributed by atoms with Crippen LogP contribution in [-0.2, 0) is 30.5 Å². The van der Waals surface area contributed by atoms with Crippen LogP contribution in [0, 0.1) is 0 Å². The molecule has 0 saturated carbocycles. The number of ether oxygens (including phenoxy) is 2. The molecule has 0 radical (unpaired) electrons. The lowest BCUT2D eigenvalue weighted by atomic mass is 10.0. The van der Waals surface area contributed by atoms with Crippen molar-refractivity contribution >= 4 is 29.6 Å². The molecule has 7 heteroatoms. The quantitative estimate of drug-likeness (QED) is 0.416. The number of hydrogen-bond acceptors (Lipinski definition) is 6. The van der Waals surface area contributed by atoms with Crippen molar-refractivity contribution in [1.29, 1.82) is 0 Å². The summed E-state index contributed by atoms with van der Waals surface area (Å²) in [6.07, 6.45) is 2.34. The summed E-state index contributed by atoms with van der Waals surface area (Å²) in [5.74, 6) is -1.03. The molecule has 6 nitrogen and oxygen atoms in total. The summed E-state index contributed by atoms with van der Waals surface area (Å²) in [6.45, 7) is 2.18. The summed E-state index contributed by atoms with van der Waals surface area (Å²) in [5.41, 5.74) is 1.17. The second kappa shape index (κ2) is 8.23. The molecule has 1 fully saturated rings. The maximum Gasteiger partial charge on any atom is 0.356 e. The average Bonchev–Trinajstić information content (AvgIpc) is 2.93. The third kappa shape index (κ3) is 3.99. The Morgan fingerprint density at radius 2 is 2.00 bits per heavy atom. The Kier molecular flexibility index (Phi) is 5.78. The molecule has 1 amide bonds. The standard InChI is InChI=1S/C19H19NO5S/c1-2-24-17(22)8-9-26-15-10-14-11-16(21)20(14)18(15)19(23)25-12-13-6-4-3-5-7-13/h3-9,14H,2,10-12H2,1H3/b9-8-. The number of β-lactam (4-membered cyclic amide) rings is 1. The molecule has 1 aromatic rings. The van der Waals surface area contributed by atoms with Crippen LogP contribution in [-0.4, -0.2) is 35.4 Å². The Hall–Kier alpha value is -2.54. The van der Waals surface area contributed by atoms with E-state index in [1.807, 2.05) is 30.3 Å². The lowest BCUT2D eigenvalue weighted by Gasteiger charge is -2.35. The van der Waals surface area contributed by atoms with E-state index >= 15 is 0 Å². The van der Waals surface area contributed by atoms with E-state index in [1.165, 1.54) is 22.7 Å². The predicted octanol–water partition coefficient (Wildman–Crippen LogP) is 2.76. The number of rotatable bonds is 7. The van der Waals surface area contributed by atoms with E-state index in [0.717, 1.165) is 10.5 Å². The maximum absolute atomic E-state index is 12.6. The van der Waals surface area contributed by atoms with Gasteiger partial charge in [-0.05, 0) is 17.9 Å². The van der Waals surface area contributed by atoms with Gasteiger partial charge in [-0.25, -0.2) is 9.59 Å². The number of carbonyl (C=O) groups excluding carboxylic acids is 3. The number of fused-ring (bicyclic) bond motifs is 1. The second-order valence-corrected chi connectivity index (χ2v) is 6.83. The van der Waals surface area contributed by atoms with Crippen molar-refractivity contribution in [2.45, 2.75) is 32.4 Å². The molecule has 0 spiro atoms. The van der Waals surface area contributed by atoms with Crippen molar-refractivity contribution in [2.75, 3.05) is 6.61 Å². The van der Waals surface area contributed by atoms with E-state index in [1.54, 1.807) is 12.3 Å². The lowest BCUT2D eigenvalue weighted by Crippen LogP contribution is -2.49. The van der Waals surface area contributed by atoms with Crippen LogP contribution >= 0.6 is 11.8 Å². The number of benzene rings is 1. The molecular weight excluding hydrogens is 354 g/mol. The van der Waals surface area contributed by atoms with Crippen LogP contribution in [0.1, 0.15) is 25.3 Å². The predicted molar refractivity (Wildman–Crippen MR) is 96.5 cm³/mol. The monoisotopic (exact) mass is 373 g/mol. The smallest absolute Gasteiger partial charge is 0.356 e. The van der Waals surface area contributed by atoms with Crippen molar-refractivity contribution in [2.24, 2.45) is 0 Å². The Bertz CT molecular complexity index is 771. The highest BCUT2D eigenvalue weighted by Gasteiger charge is 2.47. The molecule has 2 aliphatic heterocycles. The lowest BCUT2D eigenvalue weighted by molar-refractivity contribution is -0.150. The third-order valence-electron chi connectivity index (χ3n) is 4.08. The zero-order valence-corrected chi connectivity index (χ0v) is 15.2. The molecular formula is C19H19NO5S. The molecule has 1 aromatic carbocycles. The molecule has 136 valence electrons. The van der Waals surface area contributed by atoms with Crippen molar-refractivity contribution in [3.05, 3.63) is 58.0 Å². The van der Waals surface area contributed by atoms with E-state index in [9.17, 15) is 14.4 Å². The fourth-order valence-electron chi connectivity index (χ4n) is 2.87. The minimum atomic E-state index is -0.517. The molecule has 0 aliphatic carbocycles. The van der Waals surface area contributed by atoms with Gasteiger partial charge in [-0.2, -0.15) is 0 Å². The van der Waals surface area contributed by atoms with Crippen LogP contribution in [0.15, 0.2) is 52.4 Å². The van der Waals surface area contributed by atoms with Gasteiger partial charge in [-0.3, -0.25) is 4.79 Å². The van der Waals surface area contributed by atoms with Crippen LogP contribution in [0.3, 0.4) is 0 Å². The van der Waals surface area contributed by atoms with Gasteiger partial charge in [-0.15, -0.1) is 0 Å². The molecule has 2 heterocycles. The van der Waals surface area contributed by atoms with Gasteiger partial charge >= 0.3 is 11.9 Å². The molecule has 26 heavy (non-hydrogen) atoms. The molecule has 1 saturated heterocycles. The number of thioether (sulfide) groups is 1. The zero-order valence-electron chi connectivity index (χ0n) is 14.3. The van der Waals surface area contributed by atoms with Crippen molar-refractivity contribution in [1.82, 2.24) is 4.90 Å². The Morgan fingerprint density at radius 1 is 1.23 bits per heavy atom. The fourth-order valence-corrected chi connectivity index (χ4v) is 3.79. The van der Waals surface area contributed by atoms with Gasteiger partial charge in [0.2, 0.25) is 5.91 Å². The van der Waals surface area contributed by atoms with Crippen LogP contribution in [0.5, 0.6) is 0 Å². The minimum absolute atomic E-state index is 0.0141. The summed E-state index contributed by atoms with van der Waals surface area (Å²) in [6, 6.07) is 9.37. The SMILES string of the molecule is CCOC(=O)/C=C\SC1=C(C(=O)OCc2ccccc2)N2C(=O)CC2C1. The van der Waals surface area contributed by atoms with Gasteiger partial charge in [-0.1, -0.05) is 42.1 Å². The van der Waals surface area contributed by atoms with Gasteiger partial charge in [0.1, 0.15) is 12.3 Å². The van der Waals surface area contributed by atoms with Gasteiger partial charge in [0, 0.05) is 23.8 Å². The van der Waals surface area contributed by atoms with Gasteiger partial charge in [0.25, 0.3) is 0 Å². The van der Waals surface area contributed by atoms with E-state index in [4.69, 9.17) is 9.47 Å². The van der Waals surface area contributed by atoms with Crippen LogP contribution in [0.25, 0.3) is 0 Å². The van der Waals surface area contributed by atoms with E-state index in [2.05, 4.69) is 0 Å². The Labute approximate surface area is 155 Å². The van der Waals surface area contributed by atoms with Crippen LogP contribution in [0.2, 0.25) is 0 Å². The number of esters is 2. The average molecular weight is 373 g/mol. The highest BCUT2D eigenvalue weighted by molar-refractivity contribution is 8.05. The fraction of sp³-hybridized carbons (Fsp3) is 0.316. The molecule has 3 rings (SSSR count). The zero-order chi connectivity index (χ0) is 18.5. The van der Waals surface area contributed by atoms with Crippen molar-refractivity contribution in [3.8, 4) is 0 Å². The maximum atomic E-state index is 12.6. The number of carbonyl (C=O) groups is 3. The minimum Gasteiger partial charge on any atom is -0.463 e. The molecule has 2 aliphatic rings. The number of hydrogen-bond donors (Lipinski definition) is 0. The highest BCUT2D eigenvalue weighted by Crippen LogP contribution is 2.43. The summed E-state index contributed by atoms with van der Waals surface area (Å²) < 4.78 is 10.2. The largest absolute Gasteiger partial charge is 0.463 e. The summed E-state index contributed by atoms with van der Waals surface area (Å²) >= 11 is 1.25. The van der Waals surface area contributed by atoms with E-state index in [-0.39, 0.29) is 18.6 Å². The molecule has 1 unspecified atom stereocenters. The van der Waals surface area contributed by atoms with Crippen LogP contribution < -0.4 is 0 Å². The first-order valence-corrected chi connectivity index (χ1v) is 9.24. The van der Waals surface area contributed by atoms with Gasteiger partial charge in [0.05, 0.1) is 12.6 Å². The molecule has 0 N–H and O–H groups in total. The van der Waals surface area contributed by atoms with Gasteiger partial charge < -0.3 is 14.4 Å². The van der Waals surface area contributed by atoms with Crippen LogP contribution in [0.4, 0.5) is 0 Å². The van der Waals surface area contributed by atoms with E-state index in [0.29, 0.717) is 25.1 Å². The first-order chi connectivity index (χ1) is 12.6. The molecule has 0 aromatic heterocycles. The van der Waals surface area contributed by atoms with Crippen molar-refractivity contribution < 1.29 is 23.9 Å². The first kappa shape index (κ1) is 18.3. The third-order valence-corrected chi connectivity index (χ3v) is 4.99. The summed E-state index contributed by atoms with van der Waals surface area (Å²) in [7, 11) is 0. The second-order valence-electron chi connectivity index (χ2n) is 5.83. The Balaban J connectivity index is 1.69. The number of nitrogens with zero attached hydrogens (tertiary/aromatic N) is 1. The Morgan fingerprint density at radius 3 is 2.69 bits per heavy atom. The van der Waals surface area contributed by atoms with E-state index < -0.39 is 11.9 Å². The first-order valence-electron chi connectivity index (χ1n) is 8.36. The van der Waals surface area contributed by atoms with Crippen molar-refractivity contribution in [3.63, 3.8) is 0 Å². The molecule has 1 atom stereocenters.